The fourth-order valence-corrected chi connectivity index (χ4v) is 6.90. The zero-order valence-corrected chi connectivity index (χ0v) is 25.5. The van der Waals surface area contributed by atoms with Crippen LogP contribution in [0.25, 0.3) is 11.0 Å². The highest BCUT2D eigenvalue weighted by Gasteiger charge is 2.15. The second-order valence-corrected chi connectivity index (χ2v) is 11.5. The predicted octanol–water partition coefficient (Wildman–Crippen LogP) is 7.26. The first kappa shape index (κ1) is 26.3. The van der Waals surface area contributed by atoms with E-state index in [-0.39, 0.29) is 18.1 Å². The van der Waals surface area contributed by atoms with Gasteiger partial charge in [-0.3, -0.25) is 14.9 Å². The summed E-state index contributed by atoms with van der Waals surface area (Å²) in [4.78, 5) is 23.0. The summed E-state index contributed by atoms with van der Waals surface area (Å²) < 4.78 is 15.1. The van der Waals surface area contributed by atoms with Crippen molar-refractivity contribution in [1.29, 1.82) is 0 Å². The Kier molecular flexibility index (Phi) is 8.64. The van der Waals surface area contributed by atoms with Crippen molar-refractivity contribution >= 4 is 112 Å². The number of hydrazone groups is 1. The third kappa shape index (κ3) is 6.51. The Morgan fingerprint density at radius 2 is 1.86 bits per heavy atom. The highest BCUT2D eigenvalue weighted by atomic mass is 127. The van der Waals surface area contributed by atoms with E-state index in [1.807, 2.05) is 24.3 Å². The number of rotatable bonds is 7. The van der Waals surface area contributed by atoms with Gasteiger partial charge in [-0.1, -0.05) is 28.1 Å². The molecule has 35 heavy (non-hydrogen) atoms. The van der Waals surface area contributed by atoms with Gasteiger partial charge in [0.15, 0.2) is 5.76 Å². The van der Waals surface area contributed by atoms with Crippen molar-refractivity contribution in [3.8, 4) is 5.75 Å². The van der Waals surface area contributed by atoms with E-state index in [4.69, 9.17) is 9.15 Å². The molecule has 4 rings (SSSR count). The lowest BCUT2D eigenvalue weighted by Crippen LogP contribution is -2.16. The van der Waals surface area contributed by atoms with E-state index in [1.54, 1.807) is 18.2 Å². The van der Waals surface area contributed by atoms with Gasteiger partial charge in [0.25, 0.3) is 5.69 Å². The third-order valence-electron chi connectivity index (χ3n) is 4.66. The van der Waals surface area contributed by atoms with Crippen LogP contribution in [0.15, 0.2) is 68.6 Å². The van der Waals surface area contributed by atoms with E-state index in [2.05, 4.69) is 94.2 Å². The second kappa shape index (κ2) is 11.5. The van der Waals surface area contributed by atoms with Gasteiger partial charge in [-0.15, -0.1) is 0 Å². The van der Waals surface area contributed by atoms with Gasteiger partial charge >= 0.3 is 5.91 Å². The van der Waals surface area contributed by atoms with Gasteiger partial charge in [0.1, 0.15) is 17.9 Å². The monoisotopic (exact) mass is 871 g/mol. The Morgan fingerprint density at radius 3 is 2.57 bits per heavy atom. The molecule has 12 heteroatoms. The Bertz CT molecular complexity index is 1470. The van der Waals surface area contributed by atoms with Crippen molar-refractivity contribution in [2.24, 2.45) is 5.10 Å². The summed E-state index contributed by atoms with van der Waals surface area (Å²) in [6.07, 6.45) is 1.54. The molecule has 0 aliphatic carbocycles. The maximum atomic E-state index is 12.5. The van der Waals surface area contributed by atoms with Gasteiger partial charge in [-0.05, 0) is 109 Å². The number of hydrogen-bond donors (Lipinski definition) is 1. The van der Waals surface area contributed by atoms with Gasteiger partial charge < -0.3 is 9.15 Å². The smallest absolute Gasteiger partial charge is 0.307 e. The third-order valence-corrected chi connectivity index (χ3v) is 7.53. The minimum atomic E-state index is -0.453. The van der Waals surface area contributed by atoms with Gasteiger partial charge in [0.2, 0.25) is 0 Å². The zero-order chi connectivity index (χ0) is 25.1. The SMILES string of the molecule is O=C(N/N=C\c1cc(I)c(OCc2cccc([N+](=O)[O-])c2)c(I)c1)c1cc2cc(Br)cc(I)c2o1. The van der Waals surface area contributed by atoms with E-state index in [9.17, 15) is 14.9 Å². The van der Waals surface area contributed by atoms with Crippen LogP contribution in [0.3, 0.4) is 0 Å². The molecule has 8 nitrogen and oxygen atoms in total. The first-order chi connectivity index (χ1) is 16.7. The van der Waals surface area contributed by atoms with E-state index in [0.29, 0.717) is 16.9 Å². The molecule has 0 fully saturated rings. The second-order valence-electron chi connectivity index (χ2n) is 7.15. The van der Waals surface area contributed by atoms with Crippen LogP contribution in [-0.2, 0) is 6.61 Å². The zero-order valence-electron chi connectivity index (χ0n) is 17.4. The van der Waals surface area contributed by atoms with E-state index >= 15 is 0 Å². The van der Waals surface area contributed by atoms with Gasteiger partial charge in [-0.2, -0.15) is 5.10 Å². The lowest BCUT2D eigenvalue weighted by atomic mass is 10.2. The standard InChI is InChI=1S/C23H13BrI3N3O5/c24-15-7-14-8-20(35-21(14)19(27)9-15)23(31)29-28-10-13-5-17(25)22(18(26)6-13)34-11-12-2-1-3-16(4-12)30(32)33/h1-10H,11H2,(H,29,31)/b28-10-. The Balaban J connectivity index is 1.42. The van der Waals surface area contributed by atoms with Crippen molar-refractivity contribution in [2.75, 3.05) is 0 Å². The first-order valence-electron chi connectivity index (χ1n) is 9.78. The number of benzene rings is 3. The average molecular weight is 872 g/mol. The normalized spacial score (nSPS) is 11.2. The molecule has 1 heterocycles. The molecular formula is C23H13BrI3N3O5. The van der Waals surface area contributed by atoms with Crippen molar-refractivity contribution < 1.29 is 18.9 Å². The van der Waals surface area contributed by atoms with Crippen LogP contribution in [0.5, 0.6) is 5.75 Å². The van der Waals surface area contributed by atoms with Crippen LogP contribution in [0.1, 0.15) is 21.7 Å². The van der Waals surface area contributed by atoms with E-state index < -0.39 is 10.8 Å². The molecule has 1 N–H and O–H groups in total. The van der Waals surface area contributed by atoms with Crippen molar-refractivity contribution in [3.63, 3.8) is 0 Å². The fourth-order valence-electron chi connectivity index (χ4n) is 3.12. The number of carbonyl (C=O) groups is 1. The number of amides is 1. The van der Waals surface area contributed by atoms with Crippen LogP contribution in [0.4, 0.5) is 5.69 Å². The molecular weight excluding hydrogens is 859 g/mol. The highest BCUT2D eigenvalue weighted by molar-refractivity contribution is 14.1. The summed E-state index contributed by atoms with van der Waals surface area (Å²) in [5.41, 5.74) is 4.63. The summed E-state index contributed by atoms with van der Waals surface area (Å²) in [7, 11) is 0. The summed E-state index contributed by atoms with van der Waals surface area (Å²) >= 11 is 9.90. The molecule has 0 aliphatic heterocycles. The molecule has 0 unspecified atom stereocenters. The molecule has 0 aliphatic rings. The maximum Gasteiger partial charge on any atom is 0.307 e. The number of nitrogens with one attached hydrogen (secondary N) is 1. The molecule has 0 saturated carbocycles. The molecule has 0 atom stereocenters. The quantitative estimate of drug-likeness (QED) is 0.0912. The maximum absolute atomic E-state index is 12.5. The summed E-state index contributed by atoms with van der Waals surface area (Å²) in [6.45, 7) is 0.199. The number of nitrogens with zero attached hydrogens (tertiary/aromatic N) is 2. The molecule has 1 aromatic heterocycles. The minimum Gasteiger partial charge on any atom is -0.487 e. The largest absolute Gasteiger partial charge is 0.487 e. The number of halogens is 4. The van der Waals surface area contributed by atoms with Crippen molar-refractivity contribution in [2.45, 2.75) is 6.61 Å². The fraction of sp³-hybridized carbons (Fsp3) is 0.0435. The molecule has 0 radical (unpaired) electrons. The van der Waals surface area contributed by atoms with Crippen LogP contribution in [-0.4, -0.2) is 17.0 Å². The molecule has 0 spiro atoms. The van der Waals surface area contributed by atoms with Crippen LogP contribution >= 0.6 is 83.7 Å². The number of ether oxygens (including phenoxy) is 1. The van der Waals surface area contributed by atoms with Gasteiger partial charge in [-0.25, -0.2) is 5.43 Å². The Morgan fingerprint density at radius 1 is 1.11 bits per heavy atom. The lowest BCUT2D eigenvalue weighted by Gasteiger charge is -2.11. The summed E-state index contributed by atoms with van der Waals surface area (Å²) in [5, 5.41) is 15.8. The summed E-state index contributed by atoms with van der Waals surface area (Å²) in [6, 6.07) is 15.5. The van der Waals surface area contributed by atoms with E-state index in [1.165, 1.54) is 18.3 Å². The lowest BCUT2D eigenvalue weighted by molar-refractivity contribution is -0.384. The number of non-ortho nitro benzene ring substituents is 1. The average Bonchev–Trinajstić information content (AvgIpc) is 3.23. The van der Waals surface area contributed by atoms with Crippen LogP contribution in [0, 0.1) is 20.8 Å². The Hall–Kier alpha value is -1.79. The molecule has 3 aromatic carbocycles. The molecule has 0 saturated heterocycles. The predicted molar refractivity (Wildman–Crippen MR) is 161 cm³/mol. The summed E-state index contributed by atoms with van der Waals surface area (Å²) in [5.74, 6) is 0.384. The number of fused-ring (bicyclic) bond motifs is 1. The van der Waals surface area contributed by atoms with Crippen LogP contribution < -0.4 is 10.2 Å². The highest BCUT2D eigenvalue weighted by Crippen LogP contribution is 2.30. The molecule has 178 valence electrons. The number of nitro groups is 1. The molecule has 0 bridgehead atoms. The number of carbonyl (C=O) groups excluding carboxylic acids is 1. The van der Waals surface area contributed by atoms with Crippen molar-refractivity contribution in [3.05, 3.63) is 96.8 Å². The van der Waals surface area contributed by atoms with Crippen LogP contribution in [0.2, 0.25) is 0 Å². The molecule has 4 aromatic rings. The van der Waals surface area contributed by atoms with Gasteiger partial charge in [0, 0.05) is 22.0 Å². The minimum absolute atomic E-state index is 0.0225. The number of furan rings is 1. The van der Waals surface area contributed by atoms with Gasteiger partial charge in [0.05, 0.1) is 21.8 Å². The van der Waals surface area contributed by atoms with E-state index in [0.717, 1.165) is 26.1 Å². The number of hydrogen-bond acceptors (Lipinski definition) is 6. The molecule has 1 amide bonds. The first-order valence-corrected chi connectivity index (χ1v) is 13.8. The number of nitro benzene ring substituents is 1. The topological polar surface area (TPSA) is 107 Å². The van der Waals surface area contributed by atoms with Crippen molar-refractivity contribution in [1.82, 2.24) is 5.43 Å². The Labute approximate surface area is 248 Å².